The fourth-order valence-electron chi connectivity index (χ4n) is 1.42. The van der Waals surface area contributed by atoms with Crippen LogP contribution in [0, 0.1) is 0 Å². The molecule has 0 N–H and O–H groups in total. The molecule has 64 valence electrons. The number of ether oxygens (including phenoxy) is 1. The lowest BCUT2D eigenvalue weighted by atomic mass is 10.1. The summed E-state index contributed by atoms with van der Waals surface area (Å²) in [5.74, 6) is 0. The maximum atomic E-state index is 5.08. The smallest absolute Gasteiger partial charge is 0.0894 e. The number of hydrogen-bond acceptors (Lipinski definition) is 3. The molecule has 0 aromatic carbocycles. The van der Waals surface area contributed by atoms with Crippen molar-refractivity contribution in [3.8, 4) is 0 Å². The minimum atomic E-state index is 0.646. The van der Waals surface area contributed by atoms with Crippen LogP contribution in [-0.4, -0.2) is 26.0 Å². The SMILES string of the molecule is COCC1=NCCc2ccsc21. The molecule has 1 aliphatic heterocycles. The largest absolute Gasteiger partial charge is 0.378 e. The molecule has 0 saturated heterocycles. The molecule has 12 heavy (non-hydrogen) atoms. The van der Waals surface area contributed by atoms with Crippen molar-refractivity contribution in [3.63, 3.8) is 0 Å². The van der Waals surface area contributed by atoms with Gasteiger partial charge in [0, 0.05) is 13.7 Å². The Morgan fingerprint density at radius 3 is 3.42 bits per heavy atom. The summed E-state index contributed by atoms with van der Waals surface area (Å²) < 4.78 is 5.08. The van der Waals surface area contributed by atoms with Gasteiger partial charge >= 0.3 is 0 Å². The molecule has 0 aliphatic carbocycles. The summed E-state index contributed by atoms with van der Waals surface area (Å²) in [6.07, 6.45) is 1.09. The van der Waals surface area contributed by atoms with Crippen molar-refractivity contribution in [3.05, 3.63) is 21.9 Å². The lowest BCUT2D eigenvalue weighted by Crippen LogP contribution is -2.14. The summed E-state index contributed by atoms with van der Waals surface area (Å²) in [5, 5.41) is 2.13. The molecule has 0 atom stereocenters. The Bertz CT molecular complexity index is 303. The molecule has 0 unspecified atom stereocenters. The van der Waals surface area contributed by atoms with Crippen molar-refractivity contribution < 1.29 is 4.74 Å². The minimum absolute atomic E-state index is 0.646. The topological polar surface area (TPSA) is 21.6 Å². The minimum Gasteiger partial charge on any atom is -0.378 e. The molecule has 0 fully saturated rings. The normalized spacial score (nSPS) is 15.6. The van der Waals surface area contributed by atoms with Crippen LogP contribution in [0.1, 0.15) is 10.4 Å². The fraction of sp³-hybridized carbons (Fsp3) is 0.444. The molecule has 0 saturated carbocycles. The van der Waals surface area contributed by atoms with E-state index in [1.54, 1.807) is 18.4 Å². The van der Waals surface area contributed by atoms with Gasteiger partial charge in [-0.3, -0.25) is 4.99 Å². The first kappa shape index (κ1) is 7.95. The first-order valence-corrected chi connectivity index (χ1v) is 4.89. The second-order valence-corrected chi connectivity index (χ2v) is 3.70. The van der Waals surface area contributed by atoms with E-state index in [0.29, 0.717) is 6.61 Å². The highest BCUT2D eigenvalue weighted by molar-refractivity contribution is 7.12. The highest BCUT2D eigenvalue weighted by Gasteiger charge is 2.14. The third kappa shape index (κ3) is 1.30. The maximum Gasteiger partial charge on any atom is 0.0894 e. The van der Waals surface area contributed by atoms with Gasteiger partial charge in [-0.1, -0.05) is 0 Å². The van der Waals surface area contributed by atoms with Gasteiger partial charge in [0.2, 0.25) is 0 Å². The fourth-order valence-corrected chi connectivity index (χ4v) is 2.37. The van der Waals surface area contributed by atoms with E-state index in [4.69, 9.17) is 4.74 Å². The van der Waals surface area contributed by atoms with Gasteiger partial charge in [-0.15, -0.1) is 11.3 Å². The molecule has 2 heterocycles. The molecule has 2 rings (SSSR count). The van der Waals surface area contributed by atoms with Crippen molar-refractivity contribution in [1.29, 1.82) is 0 Å². The predicted octanol–water partition coefficient (Wildman–Crippen LogP) is 1.74. The second-order valence-electron chi connectivity index (χ2n) is 2.79. The molecule has 0 bridgehead atoms. The maximum absolute atomic E-state index is 5.08. The van der Waals surface area contributed by atoms with Gasteiger partial charge in [-0.25, -0.2) is 0 Å². The Hall–Kier alpha value is -0.670. The van der Waals surface area contributed by atoms with E-state index < -0.39 is 0 Å². The predicted molar refractivity (Wildman–Crippen MR) is 51.3 cm³/mol. The Labute approximate surface area is 75.9 Å². The van der Waals surface area contributed by atoms with Crippen LogP contribution < -0.4 is 0 Å². The van der Waals surface area contributed by atoms with E-state index >= 15 is 0 Å². The van der Waals surface area contributed by atoms with E-state index in [1.807, 2.05) is 0 Å². The molecule has 1 aromatic heterocycles. The molecule has 0 radical (unpaired) electrons. The average Bonchev–Trinajstić information content (AvgIpc) is 2.53. The zero-order valence-electron chi connectivity index (χ0n) is 7.04. The van der Waals surface area contributed by atoms with Crippen LogP contribution in [0.25, 0.3) is 0 Å². The number of rotatable bonds is 2. The van der Waals surface area contributed by atoms with Crippen LogP contribution in [0.15, 0.2) is 16.4 Å². The van der Waals surface area contributed by atoms with Crippen molar-refractivity contribution in [2.75, 3.05) is 20.3 Å². The third-order valence-corrected chi connectivity index (χ3v) is 2.98. The Morgan fingerprint density at radius 2 is 2.58 bits per heavy atom. The summed E-state index contributed by atoms with van der Waals surface area (Å²) in [5.41, 5.74) is 2.55. The summed E-state index contributed by atoms with van der Waals surface area (Å²) in [7, 11) is 1.71. The number of thiophene rings is 1. The summed E-state index contributed by atoms with van der Waals surface area (Å²) >= 11 is 1.76. The summed E-state index contributed by atoms with van der Waals surface area (Å²) in [6.45, 7) is 1.57. The first-order valence-electron chi connectivity index (χ1n) is 4.01. The average molecular weight is 181 g/mol. The quantitative estimate of drug-likeness (QED) is 0.681. The third-order valence-electron chi connectivity index (χ3n) is 1.97. The summed E-state index contributed by atoms with van der Waals surface area (Å²) in [6, 6.07) is 2.18. The van der Waals surface area contributed by atoms with Crippen LogP contribution in [0.3, 0.4) is 0 Å². The van der Waals surface area contributed by atoms with Gasteiger partial charge in [0.25, 0.3) is 0 Å². The number of fused-ring (bicyclic) bond motifs is 1. The van der Waals surface area contributed by atoms with Crippen LogP contribution in [0.4, 0.5) is 0 Å². The Balaban J connectivity index is 2.30. The molecular weight excluding hydrogens is 170 g/mol. The van der Waals surface area contributed by atoms with Crippen molar-refractivity contribution in [2.24, 2.45) is 4.99 Å². The van der Waals surface area contributed by atoms with Crippen LogP contribution in [0.2, 0.25) is 0 Å². The van der Waals surface area contributed by atoms with Crippen molar-refractivity contribution in [2.45, 2.75) is 6.42 Å². The van der Waals surface area contributed by atoms with Crippen LogP contribution >= 0.6 is 11.3 Å². The van der Waals surface area contributed by atoms with Gasteiger partial charge in [-0.2, -0.15) is 0 Å². The highest BCUT2D eigenvalue weighted by Crippen LogP contribution is 2.21. The number of hydrogen-bond donors (Lipinski definition) is 0. The van der Waals surface area contributed by atoms with Gasteiger partial charge in [0.05, 0.1) is 17.2 Å². The van der Waals surface area contributed by atoms with Crippen LogP contribution in [0.5, 0.6) is 0 Å². The van der Waals surface area contributed by atoms with Gasteiger partial charge in [0.1, 0.15) is 0 Å². The molecule has 1 aliphatic rings. The standard InChI is InChI=1S/C9H11NOS/c1-11-6-8-9-7(2-4-10-8)3-5-12-9/h3,5H,2,4,6H2,1H3. The molecule has 0 spiro atoms. The molecular formula is C9H11NOS. The monoisotopic (exact) mass is 181 g/mol. The Kier molecular flexibility index (Phi) is 2.23. The van der Waals surface area contributed by atoms with E-state index in [2.05, 4.69) is 16.4 Å². The number of aliphatic imine (C=N–C) groups is 1. The van der Waals surface area contributed by atoms with E-state index in [0.717, 1.165) is 18.7 Å². The van der Waals surface area contributed by atoms with E-state index in [1.165, 1.54) is 10.4 Å². The highest BCUT2D eigenvalue weighted by atomic mass is 32.1. The van der Waals surface area contributed by atoms with Crippen molar-refractivity contribution >= 4 is 17.0 Å². The van der Waals surface area contributed by atoms with Gasteiger partial charge in [-0.05, 0) is 23.4 Å². The zero-order chi connectivity index (χ0) is 8.39. The van der Waals surface area contributed by atoms with Gasteiger partial charge in [0.15, 0.2) is 0 Å². The lowest BCUT2D eigenvalue weighted by molar-refractivity contribution is 0.245. The Morgan fingerprint density at radius 1 is 1.67 bits per heavy atom. The number of nitrogens with zero attached hydrogens (tertiary/aromatic N) is 1. The number of methoxy groups -OCH3 is 1. The molecule has 2 nitrogen and oxygen atoms in total. The van der Waals surface area contributed by atoms with Gasteiger partial charge < -0.3 is 4.74 Å². The van der Waals surface area contributed by atoms with E-state index in [-0.39, 0.29) is 0 Å². The van der Waals surface area contributed by atoms with E-state index in [9.17, 15) is 0 Å². The van der Waals surface area contributed by atoms with Crippen LogP contribution in [-0.2, 0) is 11.2 Å². The zero-order valence-corrected chi connectivity index (χ0v) is 7.86. The lowest BCUT2D eigenvalue weighted by Gasteiger charge is -2.11. The molecule has 3 heteroatoms. The molecule has 0 amide bonds. The second kappa shape index (κ2) is 3.37. The summed E-state index contributed by atoms with van der Waals surface area (Å²) in [4.78, 5) is 5.76. The molecule has 1 aromatic rings. The van der Waals surface area contributed by atoms with Crippen molar-refractivity contribution in [1.82, 2.24) is 0 Å². The first-order chi connectivity index (χ1) is 5.92.